The first-order valence-corrected chi connectivity index (χ1v) is 7.53. The lowest BCUT2D eigenvalue weighted by molar-refractivity contribution is -0.136. The Morgan fingerprint density at radius 3 is 2.55 bits per heavy atom. The van der Waals surface area contributed by atoms with Gasteiger partial charge in [-0.25, -0.2) is 4.79 Å². The Hall–Kier alpha value is -2.08. The van der Waals surface area contributed by atoms with E-state index in [0.717, 1.165) is 18.4 Å². The molecule has 0 spiro atoms. The van der Waals surface area contributed by atoms with Gasteiger partial charge in [0.05, 0.1) is 6.54 Å². The Balaban J connectivity index is 1.65. The highest BCUT2D eigenvalue weighted by atomic mass is 16.6. The van der Waals surface area contributed by atoms with E-state index in [9.17, 15) is 9.59 Å². The van der Waals surface area contributed by atoms with Crippen molar-refractivity contribution >= 4 is 12.1 Å². The molecule has 1 saturated heterocycles. The number of aliphatic carboxylic acids is 1. The molecule has 0 bridgehead atoms. The van der Waals surface area contributed by atoms with E-state index in [1.807, 2.05) is 30.3 Å². The van der Waals surface area contributed by atoms with Gasteiger partial charge in [0.2, 0.25) is 0 Å². The van der Waals surface area contributed by atoms with Gasteiger partial charge in [-0.3, -0.25) is 4.79 Å². The number of hydrogen-bond acceptors (Lipinski definition) is 4. The molecule has 6 heteroatoms. The van der Waals surface area contributed by atoms with Crippen LogP contribution in [0.25, 0.3) is 0 Å². The number of nitrogens with one attached hydrogen (secondary N) is 1. The third-order valence-electron chi connectivity index (χ3n) is 3.79. The fraction of sp³-hybridized carbons (Fsp3) is 0.500. The number of amides is 1. The smallest absolute Gasteiger partial charge is 0.410 e. The second-order valence-electron chi connectivity index (χ2n) is 5.50. The van der Waals surface area contributed by atoms with Gasteiger partial charge in [0, 0.05) is 13.1 Å². The zero-order chi connectivity index (χ0) is 15.8. The van der Waals surface area contributed by atoms with Gasteiger partial charge in [-0.15, -0.1) is 0 Å². The maximum absolute atomic E-state index is 12.0. The number of benzene rings is 1. The van der Waals surface area contributed by atoms with E-state index in [2.05, 4.69) is 5.32 Å². The minimum atomic E-state index is -0.845. The van der Waals surface area contributed by atoms with Gasteiger partial charge in [-0.05, 0) is 30.9 Å². The largest absolute Gasteiger partial charge is 0.480 e. The summed E-state index contributed by atoms with van der Waals surface area (Å²) in [6, 6.07) is 9.60. The third kappa shape index (κ3) is 5.37. The van der Waals surface area contributed by atoms with Crippen LogP contribution in [-0.4, -0.2) is 48.2 Å². The lowest BCUT2D eigenvalue weighted by atomic mass is 9.97. The van der Waals surface area contributed by atoms with Gasteiger partial charge in [0.1, 0.15) is 6.61 Å². The lowest BCUT2D eigenvalue weighted by Crippen LogP contribution is -2.41. The summed E-state index contributed by atoms with van der Waals surface area (Å²) in [5, 5.41) is 11.5. The summed E-state index contributed by atoms with van der Waals surface area (Å²) in [5.41, 5.74) is 0.976. The summed E-state index contributed by atoms with van der Waals surface area (Å²) < 4.78 is 5.31. The standard InChI is InChI=1S/C16H22N2O4/c19-15(20)11-17-10-13-6-8-18(9-7-13)16(21)22-12-14-4-2-1-3-5-14/h1-5,13,17H,6-12H2,(H,19,20). The van der Waals surface area contributed by atoms with Gasteiger partial charge >= 0.3 is 12.1 Å². The van der Waals surface area contributed by atoms with Crippen LogP contribution in [0.3, 0.4) is 0 Å². The van der Waals surface area contributed by atoms with Gasteiger partial charge < -0.3 is 20.1 Å². The Morgan fingerprint density at radius 1 is 1.23 bits per heavy atom. The first-order valence-electron chi connectivity index (χ1n) is 7.53. The molecule has 2 N–H and O–H groups in total. The second kappa shape index (κ2) is 8.38. The van der Waals surface area contributed by atoms with Gasteiger partial charge in [-0.2, -0.15) is 0 Å². The molecule has 1 aliphatic rings. The van der Waals surface area contributed by atoms with E-state index < -0.39 is 5.97 Å². The van der Waals surface area contributed by atoms with Crippen LogP contribution in [0.5, 0.6) is 0 Å². The van der Waals surface area contributed by atoms with E-state index >= 15 is 0 Å². The van der Waals surface area contributed by atoms with E-state index in [1.54, 1.807) is 4.90 Å². The molecule has 120 valence electrons. The quantitative estimate of drug-likeness (QED) is 0.836. The van der Waals surface area contributed by atoms with Gasteiger partial charge in [0.15, 0.2) is 0 Å². The molecular weight excluding hydrogens is 284 g/mol. The number of carbonyl (C=O) groups is 2. The molecule has 0 aliphatic carbocycles. The zero-order valence-corrected chi connectivity index (χ0v) is 12.5. The Morgan fingerprint density at radius 2 is 1.91 bits per heavy atom. The summed E-state index contributed by atoms with van der Waals surface area (Å²) in [6.45, 7) is 2.28. The maximum Gasteiger partial charge on any atom is 0.410 e. The van der Waals surface area contributed by atoms with Gasteiger partial charge in [-0.1, -0.05) is 30.3 Å². The van der Waals surface area contributed by atoms with Crippen LogP contribution < -0.4 is 5.32 Å². The average molecular weight is 306 g/mol. The molecule has 0 saturated carbocycles. The fourth-order valence-corrected chi connectivity index (χ4v) is 2.51. The number of ether oxygens (including phenoxy) is 1. The minimum absolute atomic E-state index is 0.0146. The monoisotopic (exact) mass is 306 g/mol. The molecule has 2 rings (SSSR count). The molecule has 1 aromatic rings. The summed E-state index contributed by atoms with van der Waals surface area (Å²) in [7, 11) is 0. The van der Waals surface area contributed by atoms with E-state index in [4.69, 9.17) is 9.84 Å². The molecule has 1 heterocycles. The highest BCUT2D eigenvalue weighted by molar-refractivity contribution is 5.69. The molecule has 0 atom stereocenters. The summed E-state index contributed by atoms with van der Waals surface area (Å²) in [6.07, 6.45) is 1.46. The van der Waals surface area contributed by atoms with Crippen molar-refractivity contribution in [1.29, 1.82) is 0 Å². The number of nitrogens with zero attached hydrogens (tertiary/aromatic N) is 1. The molecule has 0 radical (unpaired) electrons. The molecule has 1 fully saturated rings. The Bertz CT molecular complexity index is 484. The zero-order valence-electron chi connectivity index (χ0n) is 12.5. The van der Waals surface area contributed by atoms with Crippen molar-refractivity contribution in [2.24, 2.45) is 5.92 Å². The number of likely N-dealkylation sites (tertiary alicyclic amines) is 1. The first-order chi connectivity index (χ1) is 10.6. The molecular formula is C16H22N2O4. The minimum Gasteiger partial charge on any atom is -0.480 e. The number of carboxylic acid groups (broad SMARTS) is 1. The van der Waals surface area contributed by atoms with Crippen molar-refractivity contribution in [1.82, 2.24) is 10.2 Å². The number of piperidine rings is 1. The van der Waals surface area contributed by atoms with E-state index in [-0.39, 0.29) is 12.6 Å². The fourth-order valence-electron chi connectivity index (χ4n) is 2.51. The predicted molar refractivity (Wildman–Crippen MR) is 81.4 cm³/mol. The number of rotatable bonds is 6. The normalized spacial score (nSPS) is 15.5. The molecule has 1 aliphatic heterocycles. The van der Waals surface area contributed by atoms with Crippen LogP contribution >= 0.6 is 0 Å². The number of carbonyl (C=O) groups excluding carboxylic acids is 1. The predicted octanol–water partition coefficient (Wildman–Crippen LogP) is 1.71. The summed E-state index contributed by atoms with van der Waals surface area (Å²) >= 11 is 0. The van der Waals surface area contributed by atoms with Crippen LogP contribution in [0.2, 0.25) is 0 Å². The van der Waals surface area contributed by atoms with Crippen LogP contribution in [0, 0.1) is 5.92 Å². The van der Waals surface area contributed by atoms with Crippen LogP contribution in [0.15, 0.2) is 30.3 Å². The van der Waals surface area contributed by atoms with Crippen LogP contribution in [-0.2, 0) is 16.1 Å². The second-order valence-corrected chi connectivity index (χ2v) is 5.50. The maximum atomic E-state index is 12.0. The third-order valence-corrected chi connectivity index (χ3v) is 3.79. The van der Waals surface area contributed by atoms with Crippen molar-refractivity contribution in [3.63, 3.8) is 0 Å². The molecule has 22 heavy (non-hydrogen) atoms. The van der Waals surface area contributed by atoms with Crippen molar-refractivity contribution in [2.75, 3.05) is 26.2 Å². The van der Waals surface area contributed by atoms with Crippen molar-refractivity contribution in [3.8, 4) is 0 Å². The molecule has 6 nitrogen and oxygen atoms in total. The Kier molecular flexibility index (Phi) is 6.21. The summed E-state index contributed by atoms with van der Waals surface area (Å²) in [5.74, 6) is -0.431. The molecule has 1 amide bonds. The molecule has 1 aromatic carbocycles. The molecule has 0 unspecified atom stereocenters. The van der Waals surface area contributed by atoms with Gasteiger partial charge in [0.25, 0.3) is 0 Å². The van der Waals surface area contributed by atoms with Crippen molar-refractivity contribution in [3.05, 3.63) is 35.9 Å². The number of hydrogen-bond donors (Lipinski definition) is 2. The van der Waals surface area contributed by atoms with Crippen LogP contribution in [0.4, 0.5) is 4.79 Å². The highest BCUT2D eigenvalue weighted by Gasteiger charge is 2.23. The van der Waals surface area contributed by atoms with E-state index in [1.165, 1.54) is 0 Å². The van der Waals surface area contributed by atoms with Crippen molar-refractivity contribution in [2.45, 2.75) is 19.4 Å². The van der Waals surface area contributed by atoms with E-state index in [0.29, 0.717) is 32.2 Å². The SMILES string of the molecule is O=C(O)CNCC1CCN(C(=O)OCc2ccccc2)CC1. The number of carboxylic acids is 1. The van der Waals surface area contributed by atoms with Crippen LogP contribution in [0.1, 0.15) is 18.4 Å². The Labute approximate surface area is 130 Å². The lowest BCUT2D eigenvalue weighted by Gasteiger charge is -2.31. The highest BCUT2D eigenvalue weighted by Crippen LogP contribution is 2.17. The van der Waals surface area contributed by atoms with Crippen molar-refractivity contribution < 1.29 is 19.4 Å². The first kappa shape index (κ1) is 16.3. The average Bonchev–Trinajstić information content (AvgIpc) is 2.54. The summed E-state index contributed by atoms with van der Waals surface area (Å²) in [4.78, 5) is 24.2. The topological polar surface area (TPSA) is 78.9 Å². The molecule has 0 aromatic heterocycles.